The summed E-state index contributed by atoms with van der Waals surface area (Å²) in [5.74, 6) is 1.51. The minimum absolute atomic E-state index is 0.0649. The fourth-order valence-corrected chi connectivity index (χ4v) is 1.77. The molecule has 0 spiro atoms. The zero-order valence-corrected chi connectivity index (χ0v) is 9.99. The summed E-state index contributed by atoms with van der Waals surface area (Å²) in [5, 5.41) is 8.89. The highest BCUT2D eigenvalue weighted by Gasteiger charge is 2.16. The summed E-state index contributed by atoms with van der Waals surface area (Å²) in [6.45, 7) is 1.99. The van der Waals surface area contributed by atoms with Gasteiger partial charge in [0.2, 0.25) is 0 Å². The van der Waals surface area contributed by atoms with E-state index in [0.29, 0.717) is 6.42 Å². The maximum Gasteiger partial charge on any atom is 0.130 e. The van der Waals surface area contributed by atoms with E-state index in [-0.39, 0.29) is 12.6 Å². The molecule has 4 heteroatoms. The van der Waals surface area contributed by atoms with Crippen molar-refractivity contribution in [2.45, 2.75) is 19.4 Å². The van der Waals surface area contributed by atoms with E-state index in [0.717, 1.165) is 22.6 Å². The van der Waals surface area contributed by atoms with Crippen molar-refractivity contribution < 1.29 is 14.6 Å². The lowest BCUT2D eigenvalue weighted by atomic mass is 10.0. The van der Waals surface area contributed by atoms with Crippen LogP contribution in [-0.2, 0) is 0 Å². The first-order valence-electron chi connectivity index (χ1n) is 5.23. The van der Waals surface area contributed by atoms with Crippen molar-refractivity contribution in [3.63, 3.8) is 0 Å². The molecule has 0 heterocycles. The monoisotopic (exact) mass is 225 g/mol. The van der Waals surface area contributed by atoms with Gasteiger partial charge in [0.15, 0.2) is 0 Å². The zero-order chi connectivity index (χ0) is 12.1. The average molecular weight is 225 g/mol. The Balaban J connectivity index is 3.14. The van der Waals surface area contributed by atoms with Crippen LogP contribution in [0.4, 0.5) is 0 Å². The van der Waals surface area contributed by atoms with Crippen molar-refractivity contribution in [2.75, 3.05) is 20.8 Å². The predicted molar refractivity (Wildman–Crippen MR) is 62.9 cm³/mol. The molecule has 0 bridgehead atoms. The SMILES string of the molecule is COc1ccc(C(N)CCO)c(OC)c1C. The van der Waals surface area contributed by atoms with Crippen LogP contribution >= 0.6 is 0 Å². The van der Waals surface area contributed by atoms with Gasteiger partial charge in [0.05, 0.1) is 14.2 Å². The van der Waals surface area contributed by atoms with Crippen molar-refractivity contribution in [1.29, 1.82) is 0 Å². The number of nitrogens with two attached hydrogens (primary N) is 1. The van der Waals surface area contributed by atoms with Crippen LogP contribution in [0.3, 0.4) is 0 Å². The Morgan fingerprint density at radius 2 is 2.00 bits per heavy atom. The standard InChI is InChI=1S/C12H19NO3/c1-8-11(15-2)5-4-9(12(8)16-3)10(13)6-7-14/h4-5,10,14H,6-7,13H2,1-3H3. The van der Waals surface area contributed by atoms with Gasteiger partial charge in [-0.1, -0.05) is 6.07 Å². The van der Waals surface area contributed by atoms with Crippen LogP contribution in [-0.4, -0.2) is 25.9 Å². The third-order valence-corrected chi connectivity index (χ3v) is 2.65. The second kappa shape index (κ2) is 5.72. The van der Waals surface area contributed by atoms with E-state index in [1.807, 2.05) is 19.1 Å². The Morgan fingerprint density at radius 1 is 1.31 bits per heavy atom. The Bertz CT molecular complexity index is 352. The molecule has 0 amide bonds. The van der Waals surface area contributed by atoms with E-state index in [2.05, 4.69) is 0 Å². The molecule has 90 valence electrons. The van der Waals surface area contributed by atoms with Crippen molar-refractivity contribution in [2.24, 2.45) is 5.73 Å². The molecular formula is C12H19NO3. The van der Waals surface area contributed by atoms with Gasteiger partial charge in [-0.25, -0.2) is 0 Å². The molecule has 0 saturated heterocycles. The minimum Gasteiger partial charge on any atom is -0.496 e. The van der Waals surface area contributed by atoms with Crippen LogP contribution in [0.15, 0.2) is 12.1 Å². The van der Waals surface area contributed by atoms with Gasteiger partial charge in [-0.2, -0.15) is 0 Å². The van der Waals surface area contributed by atoms with Gasteiger partial charge in [0, 0.05) is 23.8 Å². The molecule has 1 aromatic rings. The van der Waals surface area contributed by atoms with Crippen molar-refractivity contribution in [3.8, 4) is 11.5 Å². The summed E-state index contributed by atoms with van der Waals surface area (Å²) in [7, 11) is 3.23. The summed E-state index contributed by atoms with van der Waals surface area (Å²) < 4.78 is 10.6. The first kappa shape index (κ1) is 12.8. The summed E-state index contributed by atoms with van der Waals surface area (Å²) in [6.07, 6.45) is 0.516. The van der Waals surface area contributed by atoms with E-state index in [1.54, 1.807) is 14.2 Å². The number of ether oxygens (including phenoxy) is 2. The third kappa shape index (κ3) is 2.46. The van der Waals surface area contributed by atoms with Gasteiger partial charge in [-0.05, 0) is 19.4 Å². The van der Waals surface area contributed by atoms with E-state index in [9.17, 15) is 0 Å². The fourth-order valence-electron chi connectivity index (χ4n) is 1.77. The molecule has 0 aliphatic heterocycles. The van der Waals surface area contributed by atoms with E-state index in [1.165, 1.54) is 0 Å². The highest BCUT2D eigenvalue weighted by atomic mass is 16.5. The van der Waals surface area contributed by atoms with Gasteiger partial charge >= 0.3 is 0 Å². The molecule has 1 atom stereocenters. The van der Waals surface area contributed by atoms with Crippen LogP contribution in [0.25, 0.3) is 0 Å². The molecule has 4 nitrogen and oxygen atoms in total. The largest absolute Gasteiger partial charge is 0.496 e. The predicted octanol–water partition coefficient (Wildman–Crippen LogP) is 1.39. The number of rotatable bonds is 5. The van der Waals surface area contributed by atoms with Gasteiger partial charge in [0.1, 0.15) is 11.5 Å². The summed E-state index contributed by atoms with van der Waals surface area (Å²) in [6, 6.07) is 3.53. The minimum atomic E-state index is -0.218. The van der Waals surface area contributed by atoms with Gasteiger partial charge < -0.3 is 20.3 Å². The van der Waals surface area contributed by atoms with Crippen LogP contribution in [0, 0.1) is 6.92 Å². The maximum absolute atomic E-state index is 8.89. The van der Waals surface area contributed by atoms with Crippen molar-refractivity contribution >= 4 is 0 Å². The van der Waals surface area contributed by atoms with Gasteiger partial charge in [-0.15, -0.1) is 0 Å². The normalized spacial score (nSPS) is 12.3. The van der Waals surface area contributed by atoms with Crippen LogP contribution < -0.4 is 15.2 Å². The number of hydrogen-bond acceptors (Lipinski definition) is 4. The fraction of sp³-hybridized carbons (Fsp3) is 0.500. The Kier molecular flexibility index (Phi) is 4.58. The van der Waals surface area contributed by atoms with E-state index < -0.39 is 0 Å². The molecular weight excluding hydrogens is 206 g/mol. The highest BCUT2D eigenvalue weighted by Crippen LogP contribution is 2.34. The first-order chi connectivity index (χ1) is 7.65. The van der Waals surface area contributed by atoms with Crippen LogP contribution in [0.5, 0.6) is 11.5 Å². The lowest BCUT2D eigenvalue weighted by Gasteiger charge is -2.18. The molecule has 0 aromatic heterocycles. The molecule has 3 N–H and O–H groups in total. The molecule has 0 fully saturated rings. The summed E-state index contributed by atoms with van der Waals surface area (Å²) in [5.41, 5.74) is 7.79. The first-order valence-corrected chi connectivity index (χ1v) is 5.23. The summed E-state index contributed by atoms with van der Waals surface area (Å²) in [4.78, 5) is 0. The van der Waals surface area contributed by atoms with Gasteiger partial charge in [-0.3, -0.25) is 0 Å². The molecule has 0 saturated carbocycles. The molecule has 1 aromatic carbocycles. The third-order valence-electron chi connectivity index (χ3n) is 2.65. The number of aliphatic hydroxyl groups excluding tert-OH is 1. The second-order valence-corrected chi connectivity index (χ2v) is 3.63. The molecule has 16 heavy (non-hydrogen) atoms. The van der Waals surface area contributed by atoms with E-state index in [4.69, 9.17) is 20.3 Å². The zero-order valence-electron chi connectivity index (χ0n) is 9.99. The molecule has 0 radical (unpaired) electrons. The smallest absolute Gasteiger partial charge is 0.130 e. The molecule has 1 unspecified atom stereocenters. The molecule has 1 rings (SSSR count). The maximum atomic E-state index is 8.89. The lowest BCUT2D eigenvalue weighted by Crippen LogP contribution is -2.13. The molecule has 0 aliphatic carbocycles. The lowest BCUT2D eigenvalue weighted by molar-refractivity contribution is 0.275. The van der Waals surface area contributed by atoms with Crippen molar-refractivity contribution in [3.05, 3.63) is 23.3 Å². The van der Waals surface area contributed by atoms with Crippen LogP contribution in [0.1, 0.15) is 23.6 Å². The number of aliphatic hydroxyl groups is 1. The number of hydrogen-bond donors (Lipinski definition) is 2. The Hall–Kier alpha value is -1.26. The van der Waals surface area contributed by atoms with Crippen molar-refractivity contribution in [1.82, 2.24) is 0 Å². The average Bonchev–Trinajstić information content (AvgIpc) is 2.28. The quantitative estimate of drug-likeness (QED) is 0.795. The molecule has 0 aliphatic rings. The van der Waals surface area contributed by atoms with Crippen LogP contribution in [0.2, 0.25) is 0 Å². The summed E-state index contributed by atoms with van der Waals surface area (Å²) >= 11 is 0. The number of benzene rings is 1. The van der Waals surface area contributed by atoms with E-state index >= 15 is 0 Å². The topological polar surface area (TPSA) is 64.7 Å². The van der Waals surface area contributed by atoms with Gasteiger partial charge in [0.25, 0.3) is 0 Å². The Labute approximate surface area is 96.0 Å². The number of methoxy groups -OCH3 is 2. The highest BCUT2D eigenvalue weighted by molar-refractivity contribution is 5.50. The Morgan fingerprint density at radius 3 is 2.50 bits per heavy atom. The second-order valence-electron chi connectivity index (χ2n) is 3.63.